The summed E-state index contributed by atoms with van der Waals surface area (Å²) in [4.78, 5) is 30.9. The van der Waals surface area contributed by atoms with Crippen LogP contribution in [0, 0.1) is 13.8 Å². The molecule has 6 nitrogen and oxygen atoms in total. The maximum Gasteiger partial charge on any atom is 0.262 e. The second-order valence-electron chi connectivity index (χ2n) is 6.08. The van der Waals surface area contributed by atoms with E-state index in [-0.39, 0.29) is 17.9 Å². The number of thiophene rings is 1. The molecule has 0 unspecified atom stereocenters. The van der Waals surface area contributed by atoms with Crippen molar-refractivity contribution in [3.8, 4) is 5.75 Å². The highest BCUT2D eigenvalue weighted by molar-refractivity contribution is 7.18. The van der Waals surface area contributed by atoms with Crippen molar-refractivity contribution in [2.24, 2.45) is 0 Å². The van der Waals surface area contributed by atoms with Gasteiger partial charge in [0.2, 0.25) is 5.91 Å². The van der Waals surface area contributed by atoms with Crippen LogP contribution in [0.3, 0.4) is 0 Å². The summed E-state index contributed by atoms with van der Waals surface area (Å²) >= 11 is 1.52. The average Bonchev–Trinajstić information content (AvgIpc) is 2.94. The zero-order chi connectivity index (χ0) is 18.7. The minimum absolute atomic E-state index is 0.0835. The molecule has 0 radical (unpaired) electrons. The number of carbonyl (C=O) groups is 1. The lowest BCUT2D eigenvalue weighted by Crippen LogP contribution is -2.27. The highest BCUT2D eigenvalue weighted by Gasteiger charge is 2.12. The first-order chi connectivity index (χ1) is 12.5. The lowest BCUT2D eigenvalue weighted by Gasteiger charge is -2.08. The van der Waals surface area contributed by atoms with Gasteiger partial charge in [0, 0.05) is 24.4 Å². The Labute approximate surface area is 155 Å². The Balaban J connectivity index is 1.60. The maximum atomic E-state index is 12.6. The molecular weight excluding hydrogens is 350 g/mol. The normalized spacial score (nSPS) is 10.9. The lowest BCUT2D eigenvalue weighted by molar-refractivity contribution is -0.121. The number of hydrogen-bond donors (Lipinski definition) is 1. The van der Waals surface area contributed by atoms with Crippen molar-refractivity contribution < 1.29 is 9.53 Å². The van der Waals surface area contributed by atoms with Crippen molar-refractivity contribution in [2.45, 2.75) is 33.4 Å². The van der Waals surface area contributed by atoms with Gasteiger partial charge in [0.05, 0.1) is 18.8 Å². The first kappa shape index (κ1) is 18.1. The van der Waals surface area contributed by atoms with Crippen LogP contribution in [0.4, 0.5) is 0 Å². The summed E-state index contributed by atoms with van der Waals surface area (Å²) in [6.07, 6.45) is 1.75. The molecule has 7 heteroatoms. The van der Waals surface area contributed by atoms with E-state index in [1.165, 1.54) is 22.2 Å². The van der Waals surface area contributed by atoms with E-state index in [2.05, 4.69) is 10.3 Å². The molecule has 0 bridgehead atoms. The number of rotatable bonds is 6. The number of fused-ring (bicyclic) bond motifs is 1. The molecule has 0 saturated heterocycles. The van der Waals surface area contributed by atoms with Crippen LogP contribution in [0.2, 0.25) is 0 Å². The highest BCUT2D eigenvalue weighted by Crippen LogP contribution is 2.25. The van der Waals surface area contributed by atoms with Gasteiger partial charge in [-0.3, -0.25) is 14.2 Å². The number of nitrogens with zero attached hydrogens (tertiary/aromatic N) is 2. The average molecular weight is 371 g/mol. The number of aryl methyl sites for hydroxylation is 3. The fourth-order valence-electron chi connectivity index (χ4n) is 2.68. The predicted octanol–water partition coefficient (Wildman–Crippen LogP) is 2.79. The van der Waals surface area contributed by atoms with E-state index >= 15 is 0 Å². The number of amides is 1. The van der Waals surface area contributed by atoms with Crippen LogP contribution in [0.1, 0.15) is 22.4 Å². The monoisotopic (exact) mass is 371 g/mol. The zero-order valence-electron chi connectivity index (χ0n) is 15.0. The topological polar surface area (TPSA) is 73.2 Å². The maximum absolute atomic E-state index is 12.6. The van der Waals surface area contributed by atoms with E-state index in [4.69, 9.17) is 4.74 Å². The number of ether oxygens (including phenoxy) is 1. The summed E-state index contributed by atoms with van der Waals surface area (Å²) < 4.78 is 6.62. The van der Waals surface area contributed by atoms with Gasteiger partial charge in [-0.1, -0.05) is 12.1 Å². The smallest absolute Gasteiger partial charge is 0.262 e. The third-order valence-corrected chi connectivity index (χ3v) is 5.50. The van der Waals surface area contributed by atoms with Crippen molar-refractivity contribution in [3.63, 3.8) is 0 Å². The van der Waals surface area contributed by atoms with Crippen LogP contribution in [0.5, 0.6) is 5.75 Å². The molecule has 0 aliphatic rings. The van der Waals surface area contributed by atoms with Crippen LogP contribution >= 0.6 is 11.3 Å². The van der Waals surface area contributed by atoms with Gasteiger partial charge in [-0.15, -0.1) is 11.3 Å². The molecule has 3 rings (SSSR count). The number of hydrogen-bond acceptors (Lipinski definition) is 5. The van der Waals surface area contributed by atoms with E-state index in [1.807, 2.05) is 38.1 Å². The minimum atomic E-state index is -0.106. The van der Waals surface area contributed by atoms with Gasteiger partial charge in [0.25, 0.3) is 5.56 Å². The van der Waals surface area contributed by atoms with E-state index in [1.54, 1.807) is 7.11 Å². The summed E-state index contributed by atoms with van der Waals surface area (Å²) in [5, 5.41) is 3.53. The first-order valence-electron chi connectivity index (χ1n) is 8.34. The molecule has 0 saturated carbocycles. The van der Waals surface area contributed by atoms with Crippen molar-refractivity contribution in [2.75, 3.05) is 7.11 Å². The summed E-state index contributed by atoms with van der Waals surface area (Å²) in [6.45, 7) is 4.67. The second kappa shape index (κ2) is 7.70. The standard InChI is InChI=1S/C19H21N3O3S/c1-12-13(2)26-18-17(12)19(24)22(11-21-18)9-8-16(23)20-10-14-4-6-15(25-3)7-5-14/h4-7,11H,8-10H2,1-3H3,(H,20,23). The molecule has 0 aliphatic carbocycles. The third kappa shape index (κ3) is 3.77. The van der Waals surface area contributed by atoms with Crippen LogP contribution in [-0.4, -0.2) is 22.6 Å². The Morgan fingerprint density at radius 1 is 1.27 bits per heavy atom. The molecule has 1 N–H and O–H groups in total. The first-order valence-corrected chi connectivity index (χ1v) is 9.16. The summed E-state index contributed by atoms with van der Waals surface area (Å²) in [6, 6.07) is 7.52. The van der Waals surface area contributed by atoms with Crippen LogP contribution in [-0.2, 0) is 17.9 Å². The SMILES string of the molecule is COc1ccc(CNC(=O)CCn2cnc3sc(C)c(C)c3c2=O)cc1. The van der Waals surface area contributed by atoms with Gasteiger partial charge in [-0.25, -0.2) is 4.98 Å². The Bertz CT molecular complexity index is 990. The van der Waals surface area contributed by atoms with Gasteiger partial charge in [0.1, 0.15) is 10.6 Å². The van der Waals surface area contributed by atoms with E-state index < -0.39 is 0 Å². The molecule has 0 fully saturated rings. The van der Waals surface area contributed by atoms with Gasteiger partial charge in [-0.2, -0.15) is 0 Å². The largest absolute Gasteiger partial charge is 0.497 e. The fourth-order valence-corrected chi connectivity index (χ4v) is 3.67. The molecule has 2 heterocycles. The van der Waals surface area contributed by atoms with Crippen LogP contribution < -0.4 is 15.6 Å². The van der Waals surface area contributed by atoms with E-state index in [0.717, 1.165) is 26.6 Å². The van der Waals surface area contributed by atoms with Crippen LogP contribution in [0.15, 0.2) is 35.4 Å². The molecule has 0 atom stereocenters. The van der Waals surface area contributed by atoms with Gasteiger partial charge in [-0.05, 0) is 37.1 Å². The molecule has 136 valence electrons. The lowest BCUT2D eigenvalue weighted by atomic mass is 10.2. The highest BCUT2D eigenvalue weighted by atomic mass is 32.1. The Morgan fingerprint density at radius 2 is 2.00 bits per heavy atom. The number of methoxy groups -OCH3 is 1. The Kier molecular flexibility index (Phi) is 5.37. The molecule has 1 aromatic carbocycles. The summed E-state index contributed by atoms with van der Waals surface area (Å²) in [5.74, 6) is 0.673. The number of carbonyl (C=O) groups excluding carboxylic acids is 1. The van der Waals surface area contributed by atoms with Crippen molar-refractivity contribution in [1.82, 2.24) is 14.9 Å². The molecule has 0 aliphatic heterocycles. The summed E-state index contributed by atoms with van der Waals surface area (Å²) in [5.41, 5.74) is 1.88. The van der Waals surface area contributed by atoms with Gasteiger partial charge < -0.3 is 10.1 Å². The molecule has 1 amide bonds. The number of aromatic nitrogens is 2. The van der Waals surface area contributed by atoms with E-state index in [9.17, 15) is 9.59 Å². The van der Waals surface area contributed by atoms with Crippen molar-refractivity contribution in [1.29, 1.82) is 0 Å². The fraction of sp³-hybridized carbons (Fsp3) is 0.316. The number of benzene rings is 1. The Hall–Kier alpha value is -2.67. The minimum Gasteiger partial charge on any atom is -0.497 e. The zero-order valence-corrected chi connectivity index (χ0v) is 15.9. The Morgan fingerprint density at radius 3 is 2.69 bits per heavy atom. The van der Waals surface area contributed by atoms with Crippen molar-refractivity contribution >= 4 is 27.5 Å². The third-order valence-electron chi connectivity index (χ3n) is 4.38. The molecular formula is C19H21N3O3S. The molecule has 26 heavy (non-hydrogen) atoms. The second-order valence-corrected chi connectivity index (χ2v) is 7.28. The summed E-state index contributed by atoms with van der Waals surface area (Å²) in [7, 11) is 1.61. The molecule has 0 spiro atoms. The predicted molar refractivity (Wildman–Crippen MR) is 103 cm³/mol. The van der Waals surface area contributed by atoms with Gasteiger partial charge >= 0.3 is 0 Å². The van der Waals surface area contributed by atoms with Crippen molar-refractivity contribution in [3.05, 3.63) is 57.0 Å². The molecule has 3 aromatic rings. The molecule has 2 aromatic heterocycles. The van der Waals surface area contributed by atoms with Crippen LogP contribution in [0.25, 0.3) is 10.2 Å². The number of nitrogens with one attached hydrogen (secondary N) is 1. The quantitative estimate of drug-likeness (QED) is 0.723. The van der Waals surface area contributed by atoms with Gasteiger partial charge in [0.15, 0.2) is 0 Å². The van der Waals surface area contributed by atoms with E-state index in [0.29, 0.717) is 18.5 Å².